The molecule has 0 spiro atoms. The van der Waals surface area contributed by atoms with E-state index in [1.807, 2.05) is 0 Å². The van der Waals surface area contributed by atoms with Crippen LogP contribution in [0.15, 0.2) is 45.6 Å². The zero-order valence-corrected chi connectivity index (χ0v) is 20.3. The van der Waals surface area contributed by atoms with Crippen LogP contribution in [0.3, 0.4) is 0 Å². The Kier molecular flexibility index (Phi) is 6.40. The predicted octanol–water partition coefficient (Wildman–Crippen LogP) is 4.08. The van der Waals surface area contributed by atoms with Crippen LogP contribution in [0, 0.1) is 17.0 Å². The van der Waals surface area contributed by atoms with Gasteiger partial charge in [0, 0.05) is 6.54 Å². The van der Waals surface area contributed by atoms with Crippen LogP contribution in [-0.2, 0) is 10.2 Å². The van der Waals surface area contributed by atoms with Crippen molar-refractivity contribution in [2.75, 3.05) is 13.2 Å². The van der Waals surface area contributed by atoms with Crippen molar-refractivity contribution in [3.63, 3.8) is 0 Å². The number of benzene rings is 1. The van der Waals surface area contributed by atoms with Gasteiger partial charge in [-0.05, 0) is 68.5 Å². The van der Waals surface area contributed by atoms with Gasteiger partial charge >= 0.3 is 0 Å². The highest BCUT2D eigenvalue weighted by Crippen LogP contribution is 2.70. The maximum Gasteiger partial charge on any atom is 0.265 e. The van der Waals surface area contributed by atoms with Gasteiger partial charge in [0.05, 0.1) is 40.4 Å². The predicted molar refractivity (Wildman–Crippen MR) is 130 cm³/mol. The number of rotatable bonds is 7. The topological polar surface area (TPSA) is 99.8 Å². The molecule has 0 saturated heterocycles. The molecule has 9 heteroatoms. The molecule has 2 aliphatic carbocycles. The van der Waals surface area contributed by atoms with Gasteiger partial charge in [0.25, 0.3) is 5.91 Å². The third-order valence-electron chi connectivity index (χ3n) is 7.59. The Morgan fingerprint density at radius 1 is 1.26 bits per heavy atom. The molecule has 1 fully saturated rings. The number of hydrogen-bond acceptors (Lipinski definition) is 6. The molecule has 1 heterocycles. The van der Waals surface area contributed by atoms with Crippen LogP contribution < -0.4 is 5.32 Å². The van der Waals surface area contributed by atoms with E-state index in [-0.39, 0.29) is 41.5 Å². The number of carbonyl (C=O) groups is 1. The molecule has 0 aliphatic heterocycles. The van der Waals surface area contributed by atoms with Crippen molar-refractivity contribution in [3.8, 4) is 11.3 Å². The first kappa shape index (κ1) is 24.8. The minimum atomic E-state index is -0.712. The first-order valence-electron chi connectivity index (χ1n) is 11.5. The van der Waals surface area contributed by atoms with Crippen LogP contribution in [0.1, 0.15) is 57.7 Å². The number of nitrogens with one attached hydrogen (secondary N) is 1. The number of amides is 1. The Balaban J connectivity index is 1.90. The van der Waals surface area contributed by atoms with Gasteiger partial charge < -0.3 is 10.4 Å². The molecule has 2 atom stereocenters. The number of aliphatic hydroxyl groups excluding tert-OH is 1. The van der Waals surface area contributed by atoms with Crippen molar-refractivity contribution < 1.29 is 18.7 Å². The number of aromatic nitrogens is 2. The van der Waals surface area contributed by atoms with Gasteiger partial charge in [-0.3, -0.25) is 9.79 Å². The van der Waals surface area contributed by atoms with Gasteiger partial charge in [0.15, 0.2) is 0 Å². The number of halogens is 2. The lowest BCUT2D eigenvalue weighted by Gasteiger charge is -2.38. The van der Waals surface area contributed by atoms with E-state index in [1.165, 1.54) is 18.2 Å². The molecule has 35 heavy (non-hydrogen) atoms. The molecule has 2 bridgehead atoms. The Bertz CT molecular complexity index is 1250. The smallest absolute Gasteiger partial charge is 0.265 e. The van der Waals surface area contributed by atoms with Crippen molar-refractivity contribution in [1.82, 2.24) is 15.5 Å². The highest BCUT2D eigenvalue weighted by Gasteiger charge is 2.65. The van der Waals surface area contributed by atoms with E-state index in [9.17, 15) is 13.6 Å². The maximum absolute atomic E-state index is 14.5. The van der Waals surface area contributed by atoms with E-state index in [1.54, 1.807) is 19.9 Å². The molecule has 4 rings (SSSR count). The Hall–Kier alpha value is -3.33. The van der Waals surface area contributed by atoms with Crippen LogP contribution in [0.5, 0.6) is 0 Å². The SMILES string of the molecule is C=N/C(C)=C(\N=C(/C)C(=O)NCCO)[C@@]12CC[C@@H](c3cc(-c4c(F)cccc4F)nnc31)C2(C)C. The highest BCUT2D eigenvalue weighted by molar-refractivity contribution is 6.38. The summed E-state index contributed by atoms with van der Waals surface area (Å²) in [5.41, 5.74) is 1.76. The summed E-state index contributed by atoms with van der Waals surface area (Å²) in [5, 5.41) is 20.4. The number of aliphatic imine (C=N–C) groups is 2. The minimum absolute atomic E-state index is 0.0490. The molecular formula is C26H29F2N5O2. The molecule has 2 aromatic rings. The standard InChI is InChI=1S/C26H29F2N5O2/c1-14(29-5)22(31-15(2)24(35)30-11-12-34)26-10-9-17(25(26,3)4)16-13-20(32-33-23(16)26)21-18(27)7-6-8-19(21)28/h6-8,13,17,34H,5,9-12H2,1-4H3,(H,30,35)/b22-14-,31-15+/t17-,26-/m0/s1. The summed E-state index contributed by atoms with van der Waals surface area (Å²) in [6.07, 6.45) is 1.51. The van der Waals surface area contributed by atoms with Gasteiger partial charge in [-0.15, -0.1) is 5.10 Å². The first-order chi connectivity index (χ1) is 16.6. The average Bonchev–Trinajstić information content (AvgIpc) is 3.20. The van der Waals surface area contributed by atoms with E-state index in [2.05, 4.69) is 41.1 Å². The second-order valence-electron chi connectivity index (χ2n) is 9.62. The third-order valence-corrected chi connectivity index (χ3v) is 7.59. The fourth-order valence-electron chi connectivity index (χ4n) is 5.79. The lowest BCUT2D eigenvalue weighted by molar-refractivity contribution is -0.115. The summed E-state index contributed by atoms with van der Waals surface area (Å²) in [4.78, 5) is 21.4. The van der Waals surface area contributed by atoms with Crippen molar-refractivity contribution in [2.24, 2.45) is 15.4 Å². The molecule has 2 aliphatic rings. The van der Waals surface area contributed by atoms with E-state index in [0.29, 0.717) is 23.5 Å². The van der Waals surface area contributed by atoms with Crippen LogP contribution in [0.4, 0.5) is 8.78 Å². The van der Waals surface area contributed by atoms with Gasteiger partial charge in [-0.1, -0.05) is 19.9 Å². The second-order valence-corrected chi connectivity index (χ2v) is 9.62. The number of hydrogen-bond donors (Lipinski definition) is 2. The summed E-state index contributed by atoms with van der Waals surface area (Å²) < 4.78 is 29.0. The quantitative estimate of drug-likeness (QED) is 0.582. The molecule has 0 unspecified atom stereocenters. The number of allylic oxidation sites excluding steroid dienone is 2. The summed E-state index contributed by atoms with van der Waals surface area (Å²) in [7, 11) is 0. The lowest BCUT2D eigenvalue weighted by Crippen LogP contribution is -2.39. The van der Waals surface area contributed by atoms with Crippen molar-refractivity contribution in [3.05, 3.63) is 58.6 Å². The number of fused-ring (bicyclic) bond motifs is 5. The van der Waals surface area contributed by atoms with Crippen LogP contribution in [0.25, 0.3) is 11.3 Å². The van der Waals surface area contributed by atoms with E-state index in [0.717, 1.165) is 12.0 Å². The van der Waals surface area contributed by atoms with E-state index >= 15 is 0 Å². The molecule has 1 amide bonds. The molecule has 2 N–H and O–H groups in total. The maximum atomic E-state index is 14.5. The molecule has 1 aromatic heterocycles. The largest absolute Gasteiger partial charge is 0.395 e. The summed E-state index contributed by atoms with van der Waals surface area (Å²) >= 11 is 0. The molecule has 1 saturated carbocycles. The first-order valence-corrected chi connectivity index (χ1v) is 11.5. The summed E-state index contributed by atoms with van der Waals surface area (Å²) in [5.74, 6) is -1.74. The summed E-state index contributed by atoms with van der Waals surface area (Å²) in [6, 6.07) is 5.44. The molecular weight excluding hydrogens is 452 g/mol. The Morgan fingerprint density at radius 3 is 2.57 bits per heavy atom. The number of nitrogens with zero attached hydrogens (tertiary/aromatic N) is 4. The van der Waals surface area contributed by atoms with Crippen LogP contribution in [-0.4, -0.2) is 46.8 Å². The van der Waals surface area contributed by atoms with Gasteiger partial charge in [-0.25, -0.2) is 13.8 Å². The minimum Gasteiger partial charge on any atom is -0.395 e. The molecule has 1 aromatic carbocycles. The fourth-order valence-corrected chi connectivity index (χ4v) is 5.79. The third kappa shape index (κ3) is 3.69. The highest BCUT2D eigenvalue weighted by atomic mass is 19.1. The van der Waals surface area contributed by atoms with Crippen molar-refractivity contribution >= 4 is 18.3 Å². The van der Waals surface area contributed by atoms with E-state index in [4.69, 9.17) is 10.1 Å². The zero-order chi connectivity index (χ0) is 25.5. The van der Waals surface area contributed by atoms with Crippen LogP contribution in [0.2, 0.25) is 0 Å². The lowest BCUT2D eigenvalue weighted by atomic mass is 9.66. The van der Waals surface area contributed by atoms with Crippen molar-refractivity contribution in [1.29, 1.82) is 0 Å². The number of carbonyl (C=O) groups excluding carboxylic acids is 1. The van der Waals surface area contributed by atoms with Crippen LogP contribution >= 0.6 is 0 Å². The monoisotopic (exact) mass is 481 g/mol. The Morgan fingerprint density at radius 2 is 1.94 bits per heavy atom. The average molecular weight is 482 g/mol. The molecule has 184 valence electrons. The normalized spacial score (nSPS) is 23.1. The Labute approximate surface area is 203 Å². The fraction of sp³-hybridized carbons (Fsp3) is 0.423. The van der Waals surface area contributed by atoms with Gasteiger partial charge in [0.2, 0.25) is 0 Å². The molecule has 0 radical (unpaired) electrons. The van der Waals surface area contributed by atoms with Gasteiger partial charge in [-0.2, -0.15) is 5.10 Å². The molecule has 7 nitrogen and oxygen atoms in total. The number of aliphatic hydroxyl groups is 1. The van der Waals surface area contributed by atoms with E-state index < -0.39 is 23.0 Å². The van der Waals surface area contributed by atoms with Gasteiger partial charge in [0.1, 0.15) is 17.3 Å². The summed E-state index contributed by atoms with van der Waals surface area (Å²) in [6.45, 7) is 11.2. The second kappa shape index (κ2) is 9.03. The van der Waals surface area contributed by atoms with Crippen molar-refractivity contribution in [2.45, 2.75) is 51.9 Å². The zero-order valence-electron chi connectivity index (χ0n) is 20.3.